The van der Waals surface area contributed by atoms with Crippen LogP contribution in [0.1, 0.15) is 5.56 Å². The predicted molar refractivity (Wildman–Crippen MR) is 62.2 cm³/mol. The van der Waals surface area contributed by atoms with E-state index in [1.54, 1.807) is 30.3 Å². The molecule has 0 aliphatic carbocycles. The van der Waals surface area contributed by atoms with Crippen molar-refractivity contribution in [3.63, 3.8) is 0 Å². The van der Waals surface area contributed by atoms with E-state index in [-0.39, 0.29) is 5.75 Å². The Labute approximate surface area is 98.3 Å². The number of halogens is 1. The lowest BCUT2D eigenvalue weighted by atomic mass is 10.3. The fraction of sp³-hybridized carbons (Fsp3) is 0.0833. The summed E-state index contributed by atoms with van der Waals surface area (Å²) in [4.78, 5) is 4.08. The summed E-state index contributed by atoms with van der Waals surface area (Å²) in [6.07, 6.45) is 1.53. The minimum atomic E-state index is 0.202. The summed E-state index contributed by atoms with van der Waals surface area (Å²) in [6, 6.07) is 8.24. The van der Waals surface area contributed by atoms with E-state index in [2.05, 4.69) is 4.98 Å². The standard InChI is InChI=1S/C12H10ClNO2/c1-8-6-9(13)7-14-12(8)16-11-4-2-10(15)3-5-11/h2-7,15H,1H3. The summed E-state index contributed by atoms with van der Waals surface area (Å²) in [5, 5.41) is 9.70. The van der Waals surface area contributed by atoms with Gasteiger partial charge in [0, 0.05) is 11.8 Å². The molecule has 16 heavy (non-hydrogen) atoms. The average Bonchev–Trinajstić information content (AvgIpc) is 2.25. The van der Waals surface area contributed by atoms with E-state index in [4.69, 9.17) is 21.4 Å². The summed E-state index contributed by atoms with van der Waals surface area (Å²) in [6.45, 7) is 1.87. The molecule has 1 aromatic heterocycles. The summed E-state index contributed by atoms with van der Waals surface area (Å²) in [5.74, 6) is 1.33. The molecule has 2 rings (SSSR count). The van der Waals surface area contributed by atoms with E-state index in [9.17, 15) is 0 Å². The van der Waals surface area contributed by atoms with Gasteiger partial charge in [-0.2, -0.15) is 0 Å². The van der Waals surface area contributed by atoms with Crippen molar-refractivity contribution in [3.05, 3.63) is 47.1 Å². The first-order chi connectivity index (χ1) is 7.65. The molecule has 0 radical (unpaired) electrons. The Bertz CT molecular complexity index is 497. The monoisotopic (exact) mass is 235 g/mol. The molecule has 1 heterocycles. The Morgan fingerprint density at radius 1 is 1.25 bits per heavy atom. The highest BCUT2D eigenvalue weighted by molar-refractivity contribution is 6.30. The molecule has 3 nitrogen and oxygen atoms in total. The zero-order chi connectivity index (χ0) is 11.5. The Kier molecular flexibility index (Phi) is 2.97. The number of rotatable bonds is 2. The maximum Gasteiger partial charge on any atom is 0.222 e. The molecule has 4 heteroatoms. The minimum Gasteiger partial charge on any atom is -0.508 e. The average molecular weight is 236 g/mol. The first-order valence-corrected chi connectivity index (χ1v) is 5.12. The van der Waals surface area contributed by atoms with Gasteiger partial charge < -0.3 is 9.84 Å². The van der Waals surface area contributed by atoms with Gasteiger partial charge in [0.05, 0.1) is 5.02 Å². The molecule has 0 unspecified atom stereocenters. The van der Waals surface area contributed by atoms with Crippen molar-refractivity contribution < 1.29 is 9.84 Å². The van der Waals surface area contributed by atoms with Gasteiger partial charge in [-0.15, -0.1) is 0 Å². The van der Waals surface area contributed by atoms with Crippen molar-refractivity contribution in [3.8, 4) is 17.4 Å². The third-order valence-electron chi connectivity index (χ3n) is 2.05. The molecule has 0 aliphatic heterocycles. The van der Waals surface area contributed by atoms with Crippen molar-refractivity contribution in [2.24, 2.45) is 0 Å². The summed E-state index contributed by atoms with van der Waals surface area (Å²) in [5.41, 5.74) is 0.862. The lowest BCUT2D eigenvalue weighted by Gasteiger charge is -2.07. The summed E-state index contributed by atoms with van der Waals surface area (Å²) in [7, 11) is 0. The van der Waals surface area contributed by atoms with Crippen molar-refractivity contribution in [2.45, 2.75) is 6.92 Å². The minimum absolute atomic E-state index is 0.202. The third-order valence-corrected chi connectivity index (χ3v) is 2.25. The second-order valence-electron chi connectivity index (χ2n) is 3.37. The maximum atomic E-state index is 9.13. The Hall–Kier alpha value is -1.74. The van der Waals surface area contributed by atoms with Gasteiger partial charge >= 0.3 is 0 Å². The molecule has 0 saturated carbocycles. The number of hydrogen-bond acceptors (Lipinski definition) is 3. The van der Waals surface area contributed by atoms with E-state index in [1.165, 1.54) is 6.20 Å². The second kappa shape index (κ2) is 4.41. The van der Waals surface area contributed by atoms with Crippen molar-refractivity contribution in [1.82, 2.24) is 4.98 Å². The highest BCUT2D eigenvalue weighted by Gasteiger charge is 2.03. The number of nitrogens with zero attached hydrogens (tertiary/aromatic N) is 1. The molecule has 82 valence electrons. The predicted octanol–water partition coefficient (Wildman–Crippen LogP) is 3.54. The highest BCUT2D eigenvalue weighted by atomic mass is 35.5. The molecule has 2 aromatic rings. The van der Waals surface area contributed by atoms with Crippen molar-refractivity contribution in [1.29, 1.82) is 0 Å². The topological polar surface area (TPSA) is 42.4 Å². The first kappa shape index (κ1) is 10.8. The van der Waals surface area contributed by atoms with Gasteiger partial charge in [-0.3, -0.25) is 0 Å². The summed E-state index contributed by atoms with van der Waals surface area (Å²) >= 11 is 5.79. The fourth-order valence-corrected chi connectivity index (χ4v) is 1.47. The third kappa shape index (κ3) is 2.44. The number of phenols is 1. The fourth-order valence-electron chi connectivity index (χ4n) is 1.26. The van der Waals surface area contributed by atoms with Crippen LogP contribution in [0, 0.1) is 6.92 Å². The van der Waals surface area contributed by atoms with Crippen LogP contribution in [0.4, 0.5) is 0 Å². The van der Waals surface area contributed by atoms with Crippen LogP contribution in [-0.4, -0.2) is 10.1 Å². The largest absolute Gasteiger partial charge is 0.508 e. The quantitative estimate of drug-likeness (QED) is 0.866. The van der Waals surface area contributed by atoms with Gasteiger partial charge in [-0.05, 0) is 37.3 Å². The van der Waals surface area contributed by atoms with Crippen LogP contribution < -0.4 is 4.74 Å². The Morgan fingerprint density at radius 3 is 2.56 bits per heavy atom. The number of aromatic nitrogens is 1. The summed E-state index contributed by atoms with van der Waals surface area (Å²) < 4.78 is 5.54. The normalized spacial score (nSPS) is 10.1. The van der Waals surface area contributed by atoms with E-state index in [0.717, 1.165) is 5.56 Å². The number of pyridine rings is 1. The molecule has 0 amide bonds. The molecule has 1 N–H and O–H groups in total. The second-order valence-corrected chi connectivity index (χ2v) is 3.81. The van der Waals surface area contributed by atoms with Crippen LogP contribution in [0.5, 0.6) is 17.4 Å². The smallest absolute Gasteiger partial charge is 0.222 e. The number of aryl methyl sites for hydroxylation is 1. The first-order valence-electron chi connectivity index (χ1n) is 4.74. The van der Waals surface area contributed by atoms with Crippen molar-refractivity contribution >= 4 is 11.6 Å². The van der Waals surface area contributed by atoms with E-state index in [0.29, 0.717) is 16.7 Å². The van der Waals surface area contributed by atoms with Gasteiger partial charge in [0.25, 0.3) is 0 Å². The highest BCUT2D eigenvalue weighted by Crippen LogP contribution is 2.25. The number of benzene rings is 1. The van der Waals surface area contributed by atoms with Gasteiger partial charge in [0.1, 0.15) is 11.5 Å². The van der Waals surface area contributed by atoms with Crippen LogP contribution in [-0.2, 0) is 0 Å². The number of phenolic OH excluding ortho intramolecular Hbond substituents is 1. The molecule has 0 spiro atoms. The molecule has 1 aromatic carbocycles. The number of aromatic hydroxyl groups is 1. The zero-order valence-electron chi connectivity index (χ0n) is 8.64. The number of hydrogen-bond donors (Lipinski definition) is 1. The van der Waals surface area contributed by atoms with Gasteiger partial charge in [0.15, 0.2) is 0 Å². The van der Waals surface area contributed by atoms with E-state index >= 15 is 0 Å². The van der Waals surface area contributed by atoms with Crippen molar-refractivity contribution in [2.75, 3.05) is 0 Å². The molecule has 0 atom stereocenters. The van der Waals surface area contributed by atoms with Crippen LogP contribution in [0.15, 0.2) is 36.5 Å². The molecule has 0 fully saturated rings. The Morgan fingerprint density at radius 2 is 1.94 bits per heavy atom. The lowest BCUT2D eigenvalue weighted by Crippen LogP contribution is -1.90. The Balaban J connectivity index is 2.23. The molecular weight excluding hydrogens is 226 g/mol. The zero-order valence-corrected chi connectivity index (χ0v) is 9.40. The maximum absolute atomic E-state index is 9.13. The molecule has 0 bridgehead atoms. The van der Waals surface area contributed by atoms with Crippen LogP contribution in [0.25, 0.3) is 0 Å². The van der Waals surface area contributed by atoms with E-state index < -0.39 is 0 Å². The lowest BCUT2D eigenvalue weighted by molar-refractivity contribution is 0.451. The molecule has 0 aliphatic rings. The molecular formula is C12H10ClNO2. The van der Waals surface area contributed by atoms with Crippen LogP contribution in [0.3, 0.4) is 0 Å². The van der Waals surface area contributed by atoms with Gasteiger partial charge in [-0.1, -0.05) is 11.6 Å². The van der Waals surface area contributed by atoms with Gasteiger partial charge in [-0.25, -0.2) is 4.98 Å². The van der Waals surface area contributed by atoms with Gasteiger partial charge in [0.2, 0.25) is 5.88 Å². The van der Waals surface area contributed by atoms with Crippen LogP contribution >= 0.6 is 11.6 Å². The number of ether oxygens (including phenoxy) is 1. The molecule has 0 saturated heterocycles. The SMILES string of the molecule is Cc1cc(Cl)cnc1Oc1ccc(O)cc1. The van der Waals surface area contributed by atoms with E-state index in [1.807, 2.05) is 6.92 Å². The van der Waals surface area contributed by atoms with Crippen LogP contribution in [0.2, 0.25) is 5.02 Å².